The van der Waals surface area contributed by atoms with E-state index in [4.69, 9.17) is 33.3 Å². The summed E-state index contributed by atoms with van der Waals surface area (Å²) < 4.78 is 9.53. The molecule has 1 fully saturated rings. The molecule has 7 nitrogen and oxygen atoms in total. The zero-order chi connectivity index (χ0) is 21.7. The molecular formula is C21H22ClN3O4S. The number of hydrogen-bond donors (Lipinski definition) is 1. The lowest BCUT2D eigenvalue weighted by Crippen LogP contribution is -2.50. The van der Waals surface area contributed by atoms with Gasteiger partial charge >= 0.3 is 11.9 Å². The monoisotopic (exact) mass is 447 g/mol. The SMILES string of the molecule is COC(=O)c1cc(NC(=S)N2CCN(c3ccc(Cl)cc3)CC2)cc(C(=O)OC)c1. The van der Waals surface area contributed by atoms with Gasteiger partial charge in [0.25, 0.3) is 0 Å². The number of esters is 2. The van der Waals surface area contributed by atoms with E-state index in [2.05, 4.69) is 10.2 Å². The average Bonchev–Trinajstić information content (AvgIpc) is 2.78. The predicted octanol–water partition coefficient (Wildman–Crippen LogP) is 3.43. The van der Waals surface area contributed by atoms with Gasteiger partial charge in [0.15, 0.2) is 5.11 Å². The van der Waals surface area contributed by atoms with Crippen LogP contribution < -0.4 is 10.2 Å². The van der Waals surface area contributed by atoms with Crippen molar-refractivity contribution in [3.8, 4) is 0 Å². The number of anilines is 2. The Hall–Kier alpha value is -2.84. The highest BCUT2D eigenvalue weighted by molar-refractivity contribution is 7.80. The number of ether oxygens (including phenoxy) is 2. The number of benzene rings is 2. The van der Waals surface area contributed by atoms with Gasteiger partial charge in [0, 0.05) is 42.6 Å². The fourth-order valence-corrected chi connectivity index (χ4v) is 3.62. The second-order valence-corrected chi connectivity index (χ2v) is 7.49. The number of piperazine rings is 1. The van der Waals surface area contributed by atoms with Crippen molar-refractivity contribution in [3.63, 3.8) is 0 Å². The molecule has 30 heavy (non-hydrogen) atoms. The summed E-state index contributed by atoms with van der Waals surface area (Å²) in [5.41, 5.74) is 2.10. The highest BCUT2D eigenvalue weighted by Crippen LogP contribution is 2.21. The quantitative estimate of drug-likeness (QED) is 0.564. The second-order valence-electron chi connectivity index (χ2n) is 6.66. The van der Waals surface area contributed by atoms with Crippen LogP contribution in [0.2, 0.25) is 5.02 Å². The van der Waals surface area contributed by atoms with E-state index in [1.165, 1.54) is 20.3 Å². The van der Waals surface area contributed by atoms with Crippen molar-refractivity contribution < 1.29 is 19.1 Å². The first-order chi connectivity index (χ1) is 14.4. The van der Waals surface area contributed by atoms with Crippen molar-refractivity contribution in [2.75, 3.05) is 50.6 Å². The van der Waals surface area contributed by atoms with Gasteiger partial charge in [-0.25, -0.2) is 9.59 Å². The zero-order valence-electron chi connectivity index (χ0n) is 16.7. The maximum absolute atomic E-state index is 11.9. The summed E-state index contributed by atoms with van der Waals surface area (Å²) in [7, 11) is 2.57. The largest absolute Gasteiger partial charge is 0.465 e. The van der Waals surface area contributed by atoms with Crippen molar-refractivity contribution in [1.29, 1.82) is 0 Å². The third-order valence-corrected chi connectivity index (χ3v) is 5.40. The molecule has 0 amide bonds. The first-order valence-corrected chi connectivity index (χ1v) is 10.1. The molecule has 1 aliphatic rings. The van der Waals surface area contributed by atoms with E-state index in [0.717, 1.165) is 31.9 Å². The fourth-order valence-electron chi connectivity index (χ4n) is 3.19. The highest BCUT2D eigenvalue weighted by Gasteiger charge is 2.20. The molecule has 0 unspecified atom stereocenters. The van der Waals surface area contributed by atoms with Gasteiger partial charge in [-0.15, -0.1) is 0 Å². The molecule has 0 spiro atoms. The minimum atomic E-state index is -0.550. The Morgan fingerprint density at radius 2 is 1.47 bits per heavy atom. The second kappa shape index (κ2) is 9.77. The van der Waals surface area contributed by atoms with Gasteiger partial charge in [-0.1, -0.05) is 11.6 Å². The molecule has 1 aliphatic heterocycles. The molecule has 0 atom stereocenters. The summed E-state index contributed by atoms with van der Waals surface area (Å²) >= 11 is 11.5. The van der Waals surface area contributed by atoms with Crippen LogP contribution >= 0.6 is 23.8 Å². The molecule has 2 aromatic rings. The van der Waals surface area contributed by atoms with Crippen LogP contribution in [0.15, 0.2) is 42.5 Å². The average molecular weight is 448 g/mol. The van der Waals surface area contributed by atoms with Crippen LogP contribution in [0.5, 0.6) is 0 Å². The van der Waals surface area contributed by atoms with E-state index in [9.17, 15) is 9.59 Å². The molecule has 0 saturated carbocycles. The highest BCUT2D eigenvalue weighted by atomic mass is 35.5. The molecule has 158 valence electrons. The van der Waals surface area contributed by atoms with Crippen molar-refractivity contribution in [1.82, 2.24) is 4.90 Å². The van der Waals surface area contributed by atoms with Gasteiger partial charge in [0.2, 0.25) is 0 Å². The minimum Gasteiger partial charge on any atom is -0.465 e. The van der Waals surface area contributed by atoms with Gasteiger partial charge in [-0.2, -0.15) is 0 Å². The van der Waals surface area contributed by atoms with Crippen LogP contribution in [0, 0.1) is 0 Å². The van der Waals surface area contributed by atoms with Crippen LogP contribution in [0.4, 0.5) is 11.4 Å². The molecule has 0 bridgehead atoms. The standard InChI is InChI=1S/C21H22ClN3O4S/c1-28-19(26)14-11-15(20(27)29-2)13-17(12-14)23-21(30)25-9-7-24(8-10-25)18-5-3-16(22)4-6-18/h3-6,11-13H,7-10H2,1-2H3,(H,23,30). The van der Waals surface area contributed by atoms with Crippen LogP contribution in [0.3, 0.4) is 0 Å². The van der Waals surface area contributed by atoms with Crippen LogP contribution in [0.25, 0.3) is 0 Å². The Morgan fingerprint density at radius 3 is 1.97 bits per heavy atom. The van der Waals surface area contributed by atoms with Crippen LogP contribution in [-0.2, 0) is 9.47 Å². The Balaban J connectivity index is 1.67. The van der Waals surface area contributed by atoms with E-state index < -0.39 is 11.9 Å². The summed E-state index contributed by atoms with van der Waals surface area (Å²) in [5.74, 6) is -1.10. The summed E-state index contributed by atoms with van der Waals surface area (Å²) in [6.45, 7) is 3.07. The maximum atomic E-state index is 11.9. The third kappa shape index (κ3) is 5.20. The number of nitrogens with zero attached hydrogens (tertiary/aromatic N) is 2. The van der Waals surface area contributed by atoms with Crippen molar-refractivity contribution in [3.05, 3.63) is 58.6 Å². The number of hydrogen-bond acceptors (Lipinski definition) is 6. The molecule has 0 aliphatic carbocycles. The third-order valence-electron chi connectivity index (χ3n) is 4.79. The smallest absolute Gasteiger partial charge is 0.337 e. The number of methoxy groups -OCH3 is 2. The zero-order valence-corrected chi connectivity index (χ0v) is 18.3. The number of thiocarbonyl (C=S) groups is 1. The van der Waals surface area contributed by atoms with E-state index in [-0.39, 0.29) is 11.1 Å². The summed E-state index contributed by atoms with van der Waals surface area (Å²) in [6, 6.07) is 12.4. The number of nitrogens with one attached hydrogen (secondary N) is 1. The van der Waals surface area contributed by atoms with Crippen molar-refractivity contribution in [2.45, 2.75) is 0 Å². The van der Waals surface area contributed by atoms with Crippen molar-refractivity contribution in [2.24, 2.45) is 0 Å². The van der Waals surface area contributed by atoms with Crippen LogP contribution in [0.1, 0.15) is 20.7 Å². The topological polar surface area (TPSA) is 71.1 Å². The molecule has 1 heterocycles. The van der Waals surface area contributed by atoms with Crippen LogP contribution in [-0.4, -0.2) is 62.3 Å². The molecule has 3 rings (SSSR count). The molecule has 2 aromatic carbocycles. The molecular weight excluding hydrogens is 426 g/mol. The molecule has 0 aromatic heterocycles. The lowest BCUT2D eigenvalue weighted by Gasteiger charge is -2.37. The Bertz CT molecular complexity index is 910. The number of halogens is 1. The van der Waals surface area contributed by atoms with E-state index in [1.807, 2.05) is 29.2 Å². The minimum absolute atomic E-state index is 0.234. The summed E-state index contributed by atoms with van der Waals surface area (Å²) in [4.78, 5) is 28.2. The van der Waals surface area contributed by atoms with Gasteiger partial charge in [-0.3, -0.25) is 0 Å². The Kier molecular flexibility index (Phi) is 7.12. The lowest BCUT2D eigenvalue weighted by molar-refractivity contribution is 0.0599. The van der Waals surface area contributed by atoms with E-state index >= 15 is 0 Å². The first-order valence-electron chi connectivity index (χ1n) is 9.29. The van der Waals surface area contributed by atoms with Gasteiger partial charge in [-0.05, 0) is 54.7 Å². The number of carbonyl (C=O) groups is 2. The predicted molar refractivity (Wildman–Crippen MR) is 121 cm³/mol. The summed E-state index contributed by atoms with van der Waals surface area (Å²) in [6.07, 6.45) is 0. The fraction of sp³-hybridized carbons (Fsp3) is 0.286. The molecule has 0 radical (unpaired) electrons. The van der Waals surface area contributed by atoms with Gasteiger partial charge < -0.3 is 24.6 Å². The van der Waals surface area contributed by atoms with Gasteiger partial charge in [0.1, 0.15) is 0 Å². The lowest BCUT2D eigenvalue weighted by atomic mass is 10.1. The van der Waals surface area contributed by atoms with Gasteiger partial charge in [0.05, 0.1) is 25.3 Å². The van der Waals surface area contributed by atoms with E-state index in [1.54, 1.807) is 12.1 Å². The van der Waals surface area contributed by atoms with E-state index in [0.29, 0.717) is 15.8 Å². The number of rotatable bonds is 4. The maximum Gasteiger partial charge on any atom is 0.337 e. The first kappa shape index (κ1) is 21.9. The Morgan fingerprint density at radius 1 is 0.933 bits per heavy atom. The molecule has 9 heteroatoms. The Labute approximate surface area is 185 Å². The van der Waals surface area contributed by atoms with Crippen molar-refractivity contribution >= 4 is 52.2 Å². The molecule has 1 N–H and O–H groups in total. The summed E-state index contributed by atoms with van der Waals surface area (Å²) in [5, 5.41) is 4.35. The normalized spacial score (nSPS) is 13.6. The number of carbonyl (C=O) groups excluding carboxylic acids is 2. The molecule has 1 saturated heterocycles.